The average molecular weight is 590 g/mol. The Hall–Kier alpha value is -3.06. The second kappa shape index (κ2) is 11.0. The van der Waals surface area contributed by atoms with Crippen LogP contribution in [0.3, 0.4) is 0 Å². The number of alkyl halides is 3. The van der Waals surface area contributed by atoms with Crippen LogP contribution in [0.25, 0.3) is 0 Å². The SMILES string of the molecule is CC(C)(C)OC(=O)N(C[C@H]1CCCNC1=O)NC(=O)[C@@H]1[C@@H]2[C@H](CN1C(=O)C(NC(=O)C(F)(F)F)C(C)(C)C)C2(C)C. The van der Waals surface area contributed by atoms with E-state index in [9.17, 15) is 37.1 Å². The number of hydrogen-bond acceptors (Lipinski definition) is 6. The Morgan fingerprint density at radius 2 is 1.73 bits per heavy atom. The van der Waals surface area contributed by atoms with E-state index in [4.69, 9.17) is 4.74 Å². The van der Waals surface area contributed by atoms with Crippen LogP contribution in [0.5, 0.6) is 0 Å². The van der Waals surface area contributed by atoms with E-state index in [1.165, 1.54) is 25.7 Å². The summed E-state index contributed by atoms with van der Waals surface area (Å²) in [5.41, 5.74) is 0.183. The van der Waals surface area contributed by atoms with Crippen LogP contribution < -0.4 is 16.1 Å². The van der Waals surface area contributed by atoms with Crippen LogP contribution in [-0.4, -0.2) is 83.1 Å². The van der Waals surface area contributed by atoms with Crippen molar-refractivity contribution in [3.8, 4) is 0 Å². The van der Waals surface area contributed by atoms with Crippen LogP contribution >= 0.6 is 0 Å². The molecule has 3 fully saturated rings. The number of nitrogens with zero attached hydrogens (tertiary/aromatic N) is 2. The maximum atomic E-state index is 13.8. The fourth-order valence-electron chi connectivity index (χ4n) is 5.75. The number of fused-ring (bicyclic) bond motifs is 1. The van der Waals surface area contributed by atoms with Gasteiger partial charge in [-0.1, -0.05) is 34.6 Å². The molecule has 0 bridgehead atoms. The quantitative estimate of drug-likeness (QED) is 0.421. The van der Waals surface area contributed by atoms with Crippen molar-refractivity contribution in [3.05, 3.63) is 0 Å². The van der Waals surface area contributed by atoms with Gasteiger partial charge in [0.15, 0.2) is 0 Å². The Kier molecular flexibility index (Phi) is 8.69. The highest BCUT2D eigenvalue weighted by atomic mass is 19.4. The Balaban J connectivity index is 1.89. The summed E-state index contributed by atoms with van der Waals surface area (Å²) in [4.78, 5) is 66.1. The minimum absolute atomic E-state index is 0.0977. The number of carbonyl (C=O) groups excluding carboxylic acids is 5. The topological polar surface area (TPSA) is 137 Å². The van der Waals surface area contributed by atoms with E-state index in [1.807, 2.05) is 19.2 Å². The number of piperidine rings is 2. The molecule has 1 aliphatic carbocycles. The molecule has 5 atom stereocenters. The molecule has 41 heavy (non-hydrogen) atoms. The minimum atomic E-state index is -5.20. The Bertz CT molecular complexity index is 1080. The maximum absolute atomic E-state index is 13.8. The second-order valence-electron chi connectivity index (χ2n) is 13.9. The van der Waals surface area contributed by atoms with E-state index in [1.54, 1.807) is 20.8 Å². The zero-order chi connectivity index (χ0) is 31.3. The molecule has 5 amide bonds. The molecular weight excluding hydrogens is 547 g/mol. The van der Waals surface area contributed by atoms with E-state index in [-0.39, 0.29) is 36.2 Å². The number of hydrazine groups is 1. The molecule has 232 valence electrons. The van der Waals surface area contributed by atoms with Gasteiger partial charge in [0.2, 0.25) is 11.8 Å². The van der Waals surface area contributed by atoms with Gasteiger partial charge in [-0.2, -0.15) is 13.2 Å². The van der Waals surface area contributed by atoms with Crippen molar-refractivity contribution in [2.45, 2.75) is 92.1 Å². The molecule has 0 spiro atoms. The lowest BCUT2D eigenvalue weighted by atomic mass is 9.85. The summed E-state index contributed by atoms with van der Waals surface area (Å²) < 4.78 is 44.7. The van der Waals surface area contributed by atoms with Gasteiger partial charge in [-0.25, -0.2) is 9.80 Å². The first-order valence-corrected chi connectivity index (χ1v) is 13.8. The molecule has 3 aliphatic rings. The van der Waals surface area contributed by atoms with Crippen molar-refractivity contribution in [2.24, 2.45) is 28.6 Å². The van der Waals surface area contributed by atoms with Crippen molar-refractivity contribution in [2.75, 3.05) is 19.6 Å². The molecular formula is C27H42F3N5O6. The highest BCUT2D eigenvalue weighted by molar-refractivity contribution is 5.95. The van der Waals surface area contributed by atoms with Gasteiger partial charge >= 0.3 is 18.2 Å². The predicted octanol–water partition coefficient (Wildman–Crippen LogP) is 2.36. The van der Waals surface area contributed by atoms with Crippen molar-refractivity contribution in [1.29, 1.82) is 0 Å². The highest BCUT2D eigenvalue weighted by Crippen LogP contribution is 2.65. The molecule has 14 heteroatoms. The molecule has 1 unspecified atom stereocenters. The lowest BCUT2D eigenvalue weighted by Crippen LogP contribution is -2.62. The molecule has 1 saturated carbocycles. The molecule has 0 aromatic carbocycles. The zero-order valence-electron chi connectivity index (χ0n) is 24.9. The third kappa shape index (κ3) is 7.24. The summed E-state index contributed by atoms with van der Waals surface area (Å²) in [5, 5.41) is 5.48. The molecule has 0 radical (unpaired) electrons. The second-order valence-corrected chi connectivity index (χ2v) is 13.9. The summed E-state index contributed by atoms with van der Waals surface area (Å²) in [7, 11) is 0. The smallest absolute Gasteiger partial charge is 0.442 e. The lowest BCUT2D eigenvalue weighted by Gasteiger charge is -2.38. The van der Waals surface area contributed by atoms with Crippen LogP contribution in [0.2, 0.25) is 0 Å². The first-order chi connectivity index (χ1) is 18.6. The highest BCUT2D eigenvalue weighted by Gasteiger charge is 2.70. The standard InChI is InChI=1S/C27H42F3N5O6/c1-24(2,3)18(32-22(39)27(28,29)30)21(38)34-13-15-16(26(15,7)8)17(34)20(37)33-35(23(40)41-25(4,5)6)12-14-10-9-11-31-19(14)36/h14-18H,9-13H2,1-8H3,(H,31,36)(H,32,39)(H,33,37)/t14-,15+,16+,17+,18?/m1/s1. The molecule has 11 nitrogen and oxygen atoms in total. The predicted molar refractivity (Wildman–Crippen MR) is 141 cm³/mol. The van der Waals surface area contributed by atoms with Crippen molar-refractivity contribution >= 4 is 29.7 Å². The number of rotatable bonds is 5. The molecule has 0 aromatic heterocycles. The van der Waals surface area contributed by atoms with Crippen molar-refractivity contribution in [1.82, 2.24) is 26.0 Å². The van der Waals surface area contributed by atoms with E-state index in [0.29, 0.717) is 19.4 Å². The van der Waals surface area contributed by atoms with Crippen molar-refractivity contribution in [3.63, 3.8) is 0 Å². The first-order valence-electron chi connectivity index (χ1n) is 13.8. The monoisotopic (exact) mass is 589 g/mol. The number of hydrogen-bond donors (Lipinski definition) is 3. The largest absolute Gasteiger partial charge is 0.471 e. The van der Waals surface area contributed by atoms with E-state index < -0.39 is 59.0 Å². The van der Waals surface area contributed by atoms with Gasteiger partial charge in [0.05, 0.1) is 12.5 Å². The Labute approximate surface area is 238 Å². The van der Waals surface area contributed by atoms with Gasteiger partial charge in [-0.15, -0.1) is 0 Å². The number of likely N-dealkylation sites (tertiary alicyclic amines) is 1. The van der Waals surface area contributed by atoms with Gasteiger partial charge in [0, 0.05) is 13.1 Å². The minimum Gasteiger partial charge on any atom is -0.442 e. The van der Waals surface area contributed by atoms with Crippen LogP contribution in [-0.2, 0) is 23.9 Å². The number of ether oxygens (including phenoxy) is 1. The normalized spacial score (nSPS) is 26.3. The first kappa shape index (κ1) is 32.5. The van der Waals surface area contributed by atoms with E-state index >= 15 is 0 Å². The fraction of sp³-hybridized carbons (Fsp3) is 0.815. The van der Waals surface area contributed by atoms with Crippen molar-refractivity contribution < 1.29 is 41.9 Å². The number of nitrogens with one attached hydrogen (secondary N) is 3. The Morgan fingerprint density at radius 1 is 1.12 bits per heavy atom. The van der Waals surface area contributed by atoms with Gasteiger partial charge in [-0.3, -0.25) is 24.6 Å². The Morgan fingerprint density at radius 3 is 2.24 bits per heavy atom. The molecule has 2 heterocycles. The van der Waals surface area contributed by atoms with Gasteiger partial charge < -0.3 is 20.3 Å². The number of amides is 5. The summed E-state index contributed by atoms with van der Waals surface area (Å²) in [6, 6.07) is -2.69. The molecule has 2 saturated heterocycles. The molecule has 3 rings (SSSR count). The summed E-state index contributed by atoms with van der Waals surface area (Å²) >= 11 is 0. The average Bonchev–Trinajstić information content (AvgIpc) is 3.13. The maximum Gasteiger partial charge on any atom is 0.471 e. The third-order valence-corrected chi connectivity index (χ3v) is 8.07. The lowest BCUT2D eigenvalue weighted by molar-refractivity contribution is -0.176. The summed E-state index contributed by atoms with van der Waals surface area (Å²) in [6.45, 7) is 13.8. The van der Waals surface area contributed by atoms with Crippen LogP contribution in [0.15, 0.2) is 0 Å². The fourth-order valence-corrected chi connectivity index (χ4v) is 5.75. The number of halogens is 3. The van der Waals surface area contributed by atoms with E-state index in [0.717, 1.165) is 5.01 Å². The van der Waals surface area contributed by atoms with Crippen LogP contribution in [0.4, 0.5) is 18.0 Å². The summed E-state index contributed by atoms with van der Waals surface area (Å²) in [5.74, 6) is -5.12. The number of carbonyl (C=O) groups is 5. The van der Waals surface area contributed by atoms with Crippen LogP contribution in [0, 0.1) is 28.6 Å². The van der Waals surface area contributed by atoms with Gasteiger partial charge in [0.1, 0.15) is 17.7 Å². The van der Waals surface area contributed by atoms with Gasteiger partial charge in [-0.05, 0) is 56.3 Å². The summed E-state index contributed by atoms with van der Waals surface area (Å²) in [6.07, 6.45) is -4.92. The third-order valence-electron chi connectivity index (χ3n) is 8.07. The van der Waals surface area contributed by atoms with E-state index in [2.05, 4.69) is 10.7 Å². The molecule has 3 N–H and O–H groups in total. The molecule has 2 aliphatic heterocycles. The van der Waals surface area contributed by atoms with Gasteiger partial charge in [0.25, 0.3) is 5.91 Å². The van der Waals surface area contributed by atoms with Crippen LogP contribution in [0.1, 0.15) is 68.2 Å². The zero-order valence-corrected chi connectivity index (χ0v) is 24.9. The molecule has 0 aromatic rings.